The Labute approximate surface area is 155 Å². The second-order valence-electron chi connectivity index (χ2n) is 5.81. The number of hydrogen-bond acceptors (Lipinski definition) is 5. The Kier molecular flexibility index (Phi) is 4.41. The Morgan fingerprint density at radius 3 is 2.88 bits per heavy atom. The van der Waals surface area contributed by atoms with E-state index in [1.807, 2.05) is 42.5 Å². The van der Waals surface area contributed by atoms with Gasteiger partial charge in [0, 0.05) is 22.3 Å². The van der Waals surface area contributed by atoms with Gasteiger partial charge in [0.05, 0.1) is 17.4 Å². The molecule has 3 N–H and O–H groups in total. The van der Waals surface area contributed by atoms with Gasteiger partial charge in [-0.15, -0.1) is 0 Å². The summed E-state index contributed by atoms with van der Waals surface area (Å²) in [5.41, 5.74) is 3.85. The van der Waals surface area contributed by atoms with Gasteiger partial charge >= 0.3 is 0 Å². The maximum Gasteiger partial charge on any atom is 0.229 e. The second-order valence-corrected chi connectivity index (χ2v) is 6.22. The minimum Gasteiger partial charge on any atom is -0.339 e. The summed E-state index contributed by atoms with van der Waals surface area (Å²) in [5, 5.41) is 15.3. The number of hydrogen-bond donors (Lipinski definition) is 3. The van der Waals surface area contributed by atoms with E-state index in [1.54, 1.807) is 12.4 Å². The number of halogens is 1. The zero-order chi connectivity index (χ0) is 17.9. The lowest BCUT2D eigenvalue weighted by Gasteiger charge is -2.10. The van der Waals surface area contributed by atoms with Gasteiger partial charge in [0.15, 0.2) is 0 Å². The van der Waals surface area contributed by atoms with Crippen molar-refractivity contribution in [3.05, 3.63) is 65.4 Å². The molecule has 130 valence electrons. The highest BCUT2D eigenvalue weighted by molar-refractivity contribution is 6.31. The number of fused-ring (bicyclic) bond motifs is 1. The molecule has 4 rings (SSSR count). The molecule has 2 aromatic heterocycles. The fourth-order valence-electron chi connectivity index (χ4n) is 2.74. The summed E-state index contributed by atoms with van der Waals surface area (Å²) in [7, 11) is 0. The third-order valence-corrected chi connectivity index (χ3v) is 4.45. The SMILES string of the molecule is CCc1ccc(Nc2nccc(Nc3cccc4[nH]ncc34)n2)cc1Cl. The monoisotopic (exact) mass is 364 g/mol. The van der Waals surface area contributed by atoms with Crippen LogP contribution in [0.2, 0.25) is 5.02 Å². The largest absolute Gasteiger partial charge is 0.339 e. The third kappa shape index (κ3) is 3.32. The van der Waals surface area contributed by atoms with Crippen molar-refractivity contribution in [2.24, 2.45) is 0 Å². The van der Waals surface area contributed by atoms with Crippen LogP contribution < -0.4 is 10.6 Å². The number of benzene rings is 2. The van der Waals surface area contributed by atoms with Crippen LogP contribution in [0.4, 0.5) is 23.1 Å². The molecule has 0 saturated heterocycles. The van der Waals surface area contributed by atoms with Crippen LogP contribution >= 0.6 is 11.6 Å². The average Bonchev–Trinajstić information content (AvgIpc) is 3.12. The van der Waals surface area contributed by atoms with Crippen LogP contribution in [0.15, 0.2) is 54.9 Å². The Bertz CT molecular complexity index is 1060. The van der Waals surface area contributed by atoms with E-state index in [4.69, 9.17) is 11.6 Å². The first kappa shape index (κ1) is 16.4. The highest BCUT2D eigenvalue weighted by Crippen LogP contribution is 2.26. The number of nitrogens with zero attached hydrogens (tertiary/aromatic N) is 3. The number of rotatable bonds is 5. The highest BCUT2D eigenvalue weighted by Gasteiger charge is 2.06. The molecule has 0 aliphatic heterocycles. The van der Waals surface area contributed by atoms with E-state index in [1.165, 1.54) is 0 Å². The van der Waals surface area contributed by atoms with Crippen LogP contribution in [0.1, 0.15) is 12.5 Å². The summed E-state index contributed by atoms with van der Waals surface area (Å²) >= 11 is 6.28. The minimum atomic E-state index is 0.495. The van der Waals surface area contributed by atoms with E-state index in [9.17, 15) is 0 Å². The van der Waals surface area contributed by atoms with Gasteiger partial charge in [0.2, 0.25) is 5.95 Å². The van der Waals surface area contributed by atoms with E-state index in [-0.39, 0.29) is 0 Å². The molecule has 0 amide bonds. The molecule has 0 fully saturated rings. The average molecular weight is 365 g/mol. The highest BCUT2D eigenvalue weighted by atomic mass is 35.5. The fraction of sp³-hybridized carbons (Fsp3) is 0.105. The van der Waals surface area contributed by atoms with Crippen molar-refractivity contribution in [2.75, 3.05) is 10.6 Å². The van der Waals surface area contributed by atoms with Crippen LogP contribution in [-0.4, -0.2) is 20.2 Å². The molecule has 0 saturated carbocycles. The number of nitrogens with one attached hydrogen (secondary N) is 3. The van der Waals surface area contributed by atoms with Gasteiger partial charge in [-0.3, -0.25) is 5.10 Å². The molecule has 2 aromatic carbocycles. The third-order valence-electron chi connectivity index (χ3n) is 4.09. The van der Waals surface area contributed by atoms with Crippen molar-refractivity contribution < 1.29 is 0 Å². The summed E-state index contributed by atoms with van der Waals surface area (Å²) in [6, 6.07) is 13.6. The number of anilines is 4. The standard InChI is InChI=1S/C19H17ClN6/c1-2-12-6-7-13(10-15(12)20)23-19-21-9-8-18(25-19)24-16-4-3-5-17-14(16)11-22-26-17/h3-11H,2H2,1H3,(H,22,26)(H2,21,23,24,25). The topological polar surface area (TPSA) is 78.5 Å². The van der Waals surface area contributed by atoms with Crippen LogP contribution in [0, 0.1) is 0 Å². The summed E-state index contributed by atoms with van der Waals surface area (Å²) in [4.78, 5) is 8.80. The molecule has 0 radical (unpaired) electrons. The molecule has 26 heavy (non-hydrogen) atoms. The van der Waals surface area contributed by atoms with Gasteiger partial charge in [0.1, 0.15) is 5.82 Å². The van der Waals surface area contributed by atoms with Crippen molar-refractivity contribution in [3.8, 4) is 0 Å². The molecule has 0 unspecified atom stereocenters. The molecular weight excluding hydrogens is 348 g/mol. The van der Waals surface area contributed by atoms with Crippen molar-refractivity contribution in [1.82, 2.24) is 20.2 Å². The van der Waals surface area contributed by atoms with Crippen LogP contribution in [-0.2, 0) is 6.42 Å². The van der Waals surface area contributed by atoms with E-state index >= 15 is 0 Å². The van der Waals surface area contributed by atoms with E-state index in [0.29, 0.717) is 11.8 Å². The van der Waals surface area contributed by atoms with Crippen LogP contribution in [0.25, 0.3) is 10.9 Å². The predicted octanol–water partition coefficient (Wildman–Crippen LogP) is 5.06. The Morgan fingerprint density at radius 2 is 2.04 bits per heavy atom. The van der Waals surface area contributed by atoms with Crippen LogP contribution in [0.3, 0.4) is 0 Å². The molecule has 0 aliphatic carbocycles. The van der Waals surface area contributed by atoms with Gasteiger partial charge in [0.25, 0.3) is 0 Å². The van der Waals surface area contributed by atoms with Gasteiger partial charge in [-0.25, -0.2) is 4.98 Å². The zero-order valence-corrected chi connectivity index (χ0v) is 14.9. The smallest absolute Gasteiger partial charge is 0.229 e. The summed E-state index contributed by atoms with van der Waals surface area (Å²) < 4.78 is 0. The summed E-state index contributed by atoms with van der Waals surface area (Å²) in [5.74, 6) is 1.18. The van der Waals surface area contributed by atoms with Crippen molar-refractivity contribution >= 4 is 45.6 Å². The fourth-order valence-corrected chi connectivity index (χ4v) is 3.06. The minimum absolute atomic E-state index is 0.495. The first-order valence-electron chi connectivity index (χ1n) is 8.30. The molecule has 6 nitrogen and oxygen atoms in total. The Morgan fingerprint density at radius 1 is 1.12 bits per heavy atom. The van der Waals surface area contributed by atoms with Gasteiger partial charge < -0.3 is 10.6 Å². The first-order valence-corrected chi connectivity index (χ1v) is 8.68. The van der Waals surface area contributed by atoms with E-state index in [2.05, 4.69) is 37.7 Å². The lowest BCUT2D eigenvalue weighted by Crippen LogP contribution is -2.00. The predicted molar refractivity (Wildman–Crippen MR) is 106 cm³/mol. The molecule has 7 heteroatoms. The number of aromatic amines is 1. The molecule has 4 aromatic rings. The lowest BCUT2D eigenvalue weighted by molar-refractivity contribution is 1.12. The Balaban J connectivity index is 1.57. The van der Waals surface area contributed by atoms with Gasteiger partial charge in [-0.1, -0.05) is 30.7 Å². The van der Waals surface area contributed by atoms with E-state index < -0.39 is 0 Å². The maximum absolute atomic E-state index is 6.28. The first-order chi connectivity index (χ1) is 12.7. The second kappa shape index (κ2) is 7.01. The molecular formula is C19H17ClN6. The van der Waals surface area contributed by atoms with Crippen molar-refractivity contribution in [3.63, 3.8) is 0 Å². The molecule has 0 spiro atoms. The number of aryl methyl sites for hydroxylation is 1. The normalized spacial score (nSPS) is 10.8. The Hall–Kier alpha value is -3.12. The molecule has 0 atom stereocenters. The van der Waals surface area contributed by atoms with Crippen LogP contribution in [0.5, 0.6) is 0 Å². The van der Waals surface area contributed by atoms with E-state index in [0.717, 1.165) is 39.3 Å². The molecule has 0 aliphatic rings. The summed E-state index contributed by atoms with van der Waals surface area (Å²) in [6.45, 7) is 2.08. The number of aromatic nitrogens is 4. The molecule has 2 heterocycles. The van der Waals surface area contributed by atoms with Gasteiger partial charge in [-0.2, -0.15) is 10.1 Å². The van der Waals surface area contributed by atoms with Crippen molar-refractivity contribution in [1.29, 1.82) is 0 Å². The zero-order valence-electron chi connectivity index (χ0n) is 14.1. The number of H-pyrrole nitrogens is 1. The summed E-state index contributed by atoms with van der Waals surface area (Å²) in [6.07, 6.45) is 4.39. The lowest BCUT2D eigenvalue weighted by atomic mass is 10.1. The van der Waals surface area contributed by atoms with Crippen molar-refractivity contribution in [2.45, 2.75) is 13.3 Å². The molecule has 0 bridgehead atoms. The van der Waals surface area contributed by atoms with Gasteiger partial charge in [-0.05, 0) is 42.3 Å². The maximum atomic E-state index is 6.28. The quantitative estimate of drug-likeness (QED) is 0.461.